The number of benzene rings is 1. The van der Waals surface area contributed by atoms with E-state index in [9.17, 15) is 9.90 Å². The summed E-state index contributed by atoms with van der Waals surface area (Å²) in [5.41, 5.74) is 1.42. The summed E-state index contributed by atoms with van der Waals surface area (Å²) in [6, 6.07) is 8.16. The smallest absolute Gasteiger partial charge is 0.313 e. The van der Waals surface area contributed by atoms with Gasteiger partial charge in [-0.25, -0.2) is 0 Å². The molecule has 2 atom stereocenters. The van der Waals surface area contributed by atoms with Crippen LogP contribution in [0.15, 0.2) is 24.3 Å². The number of carboxylic acid groups (broad SMARTS) is 1. The van der Waals surface area contributed by atoms with Gasteiger partial charge >= 0.3 is 5.97 Å². The van der Waals surface area contributed by atoms with E-state index in [2.05, 4.69) is 17.4 Å². The number of nitrogens with one attached hydrogen (secondary N) is 1. The van der Waals surface area contributed by atoms with Crippen molar-refractivity contribution >= 4 is 5.97 Å². The molecule has 2 unspecified atom stereocenters. The maximum atomic E-state index is 11.3. The summed E-state index contributed by atoms with van der Waals surface area (Å²) in [4.78, 5) is 11.3. The zero-order valence-corrected chi connectivity index (χ0v) is 10.8. The predicted octanol–water partition coefficient (Wildman–Crippen LogP) is 1.98. The van der Waals surface area contributed by atoms with Crippen molar-refractivity contribution in [3.8, 4) is 0 Å². The standard InChI is InChI=1S/C15H19NO2/c1-15(2,14(17)18)10-5-3-4-9(6-10)13-11-7-16-8-12(11)13/h3-6,11-13,16H,7-8H2,1-2H3,(H,17,18). The fourth-order valence-electron chi connectivity index (χ4n) is 3.17. The lowest BCUT2D eigenvalue weighted by molar-refractivity contribution is -0.142. The van der Waals surface area contributed by atoms with E-state index in [1.807, 2.05) is 12.1 Å². The van der Waals surface area contributed by atoms with E-state index in [4.69, 9.17) is 0 Å². The summed E-state index contributed by atoms with van der Waals surface area (Å²) in [5.74, 6) is 1.43. The molecule has 1 aromatic carbocycles. The number of carbonyl (C=O) groups is 1. The molecule has 2 fully saturated rings. The number of carboxylic acids is 1. The largest absolute Gasteiger partial charge is 0.481 e. The number of piperidine rings is 1. The van der Waals surface area contributed by atoms with Gasteiger partial charge in [0.25, 0.3) is 0 Å². The van der Waals surface area contributed by atoms with Gasteiger partial charge in [-0.2, -0.15) is 0 Å². The Morgan fingerprint density at radius 2 is 2.00 bits per heavy atom. The Kier molecular flexibility index (Phi) is 2.49. The third-order valence-electron chi connectivity index (χ3n) is 4.62. The van der Waals surface area contributed by atoms with Crippen molar-refractivity contribution in [2.75, 3.05) is 13.1 Å². The van der Waals surface area contributed by atoms with E-state index in [0.29, 0.717) is 5.92 Å². The van der Waals surface area contributed by atoms with Crippen LogP contribution in [0.4, 0.5) is 0 Å². The summed E-state index contributed by atoms with van der Waals surface area (Å²) < 4.78 is 0. The van der Waals surface area contributed by atoms with Crippen LogP contribution in [0, 0.1) is 11.8 Å². The van der Waals surface area contributed by atoms with E-state index in [1.54, 1.807) is 13.8 Å². The van der Waals surface area contributed by atoms with Crippen molar-refractivity contribution in [1.82, 2.24) is 5.32 Å². The Morgan fingerprint density at radius 3 is 2.61 bits per heavy atom. The van der Waals surface area contributed by atoms with E-state index in [0.717, 1.165) is 30.5 Å². The fourth-order valence-corrected chi connectivity index (χ4v) is 3.17. The molecule has 3 rings (SSSR count). The molecule has 0 bridgehead atoms. The van der Waals surface area contributed by atoms with Gasteiger partial charge in [0.05, 0.1) is 5.41 Å². The highest BCUT2D eigenvalue weighted by molar-refractivity contribution is 5.80. The van der Waals surface area contributed by atoms with Crippen molar-refractivity contribution in [2.45, 2.75) is 25.2 Å². The maximum Gasteiger partial charge on any atom is 0.313 e. The van der Waals surface area contributed by atoms with Crippen LogP contribution in [0.2, 0.25) is 0 Å². The molecule has 18 heavy (non-hydrogen) atoms. The second-order valence-electron chi connectivity index (χ2n) is 6.07. The van der Waals surface area contributed by atoms with Gasteiger partial charge in [-0.15, -0.1) is 0 Å². The number of hydrogen-bond acceptors (Lipinski definition) is 2. The minimum atomic E-state index is -0.807. The minimum Gasteiger partial charge on any atom is -0.481 e. The molecule has 0 radical (unpaired) electrons. The lowest BCUT2D eigenvalue weighted by Gasteiger charge is -2.20. The van der Waals surface area contributed by atoms with Crippen molar-refractivity contribution in [2.24, 2.45) is 11.8 Å². The van der Waals surface area contributed by atoms with Crippen molar-refractivity contribution in [3.05, 3.63) is 35.4 Å². The average Bonchev–Trinajstić information content (AvgIpc) is 2.83. The number of aliphatic carboxylic acids is 1. The molecule has 3 heteroatoms. The zero-order chi connectivity index (χ0) is 12.9. The Hall–Kier alpha value is -1.35. The Bertz CT molecular complexity index is 485. The summed E-state index contributed by atoms with van der Waals surface area (Å²) in [6.07, 6.45) is 0. The molecule has 0 spiro atoms. The molecule has 2 aliphatic rings. The highest BCUT2D eigenvalue weighted by Crippen LogP contribution is 2.56. The Morgan fingerprint density at radius 1 is 1.33 bits per heavy atom. The normalized spacial score (nSPS) is 30.0. The molecule has 3 nitrogen and oxygen atoms in total. The van der Waals surface area contributed by atoms with E-state index in [1.165, 1.54) is 5.56 Å². The third kappa shape index (κ3) is 1.65. The second-order valence-corrected chi connectivity index (χ2v) is 6.07. The highest BCUT2D eigenvalue weighted by Gasteiger charge is 2.53. The van der Waals surface area contributed by atoms with Crippen LogP contribution in [0.3, 0.4) is 0 Å². The first-order chi connectivity index (χ1) is 8.51. The highest BCUT2D eigenvalue weighted by atomic mass is 16.4. The first-order valence-electron chi connectivity index (χ1n) is 6.56. The Labute approximate surface area is 107 Å². The van der Waals surface area contributed by atoms with Crippen LogP contribution in [0.25, 0.3) is 0 Å². The van der Waals surface area contributed by atoms with Crippen LogP contribution in [-0.2, 0) is 10.2 Å². The second kappa shape index (κ2) is 3.82. The van der Waals surface area contributed by atoms with Gasteiger partial charge in [-0.1, -0.05) is 24.3 Å². The zero-order valence-electron chi connectivity index (χ0n) is 10.8. The van der Waals surface area contributed by atoms with Crippen molar-refractivity contribution in [3.63, 3.8) is 0 Å². The van der Waals surface area contributed by atoms with Gasteiger partial charge in [0.2, 0.25) is 0 Å². The minimum absolute atomic E-state index is 0.649. The van der Waals surface area contributed by atoms with E-state index < -0.39 is 11.4 Å². The predicted molar refractivity (Wildman–Crippen MR) is 69.7 cm³/mol. The molecule has 2 N–H and O–H groups in total. The van der Waals surface area contributed by atoms with E-state index in [-0.39, 0.29) is 0 Å². The third-order valence-corrected chi connectivity index (χ3v) is 4.62. The monoisotopic (exact) mass is 245 g/mol. The lowest BCUT2D eigenvalue weighted by atomic mass is 9.83. The first-order valence-corrected chi connectivity index (χ1v) is 6.56. The topological polar surface area (TPSA) is 49.3 Å². The van der Waals surface area contributed by atoms with Gasteiger partial charge in [-0.05, 0) is 55.8 Å². The summed E-state index contributed by atoms with van der Waals surface area (Å²) in [5, 5.41) is 12.7. The molecule has 1 aromatic rings. The average molecular weight is 245 g/mol. The summed E-state index contributed by atoms with van der Waals surface area (Å²) in [7, 11) is 0. The molecule has 1 aliphatic carbocycles. The Balaban J connectivity index is 1.88. The lowest BCUT2D eigenvalue weighted by Crippen LogP contribution is -2.28. The van der Waals surface area contributed by atoms with Gasteiger partial charge in [-0.3, -0.25) is 4.79 Å². The number of hydrogen-bond donors (Lipinski definition) is 2. The van der Waals surface area contributed by atoms with Crippen molar-refractivity contribution < 1.29 is 9.90 Å². The molecule has 1 aliphatic heterocycles. The molecule has 1 heterocycles. The molecular formula is C15H19NO2. The molecule has 0 aromatic heterocycles. The summed E-state index contributed by atoms with van der Waals surface area (Å²) >= 11 is 0. The number of rotatable bonds is 3. The van der Waals surface area contributed by atoms with E-state index >= 15 is 0 Å². The number of fused-ring (bicyclic) bond motifs is 1. The maximum absolute atomic E-state index is 11.3. The fraction of sp³-hybridized carbons (Fsp3) is 0.533. The van der Waals surface area contributed by atoms with Crippen LogP contribution >= 0.6 is 0 Å². The van der Waals surface area contributed by atoms with Gasteiger partial charge in [0, 0.05) is 0 Å². The SMILES string of the molecule is CC(C)(C(=O)O)c1cccc(C2C3CNCC32)c1. The summed E-state index contributed by atoms with van der Waals surface area (Å²) in [6.45, 7) is 5.76. The van der Waals surface area contributed by atoms with Crippen LogP contribution in [0.1, 0.15) is 30.9 Å². The first kappa shape index (κ1) is 11.7. The van der Waals surface area contributed by atoms with Gasteiger partial charge < -0.3 is 10.4 Å². The van der Waals surface area contributed by atoms with Crippen LogP contribution in [-0.4, -0.2) is 24.2 Å². The molecule has 1 saturated carbocycles. The molecule has 1 saturated heterocycles. The quantitative estimate of drug-likeness (QED) is 0.856. The van der Waals surface area contributed by atoms with Gasteiger partial charge in [0.1, 0.15) is 0 Å². The van der Waals surface area contributed by atoms with Gasteiger partial charge in [0.15, 0.2) is 0 Å². The molecule has 96 valence electrons. The van der Waals surface area contributed by atoms with Crippen molar-refractivity contribution in [1.29, 1.82) is 0 Å². The molecule has 0 amide bonds. The van der Waals surface area contributed by atoms with Crippen LogP contribution < -0.4 is 5.32 Å². The van der Waals surface area contributed by atoms with Crippen LogP contribution in [0.5, 0.6) is 0 Å². The molecular weight excluding hydrogens is 226 g/mol.